The Hall–Kier alpha value is -1.01. The molecule has 0 spiro atoms. The van der Waals surface area contributed by atoms with Crippen LogP contribution >= 0.6 is 0 Å². The summed E-state index contributed by atoms with van der Waals surface area (Å²) in [5, 5.41) is 2.99. The van der Waals surface area contributed by atoms with Crippen molar-refractivity contribution in [2.24, 2.45) is 11.1 Å². The predicted octanol–water partition coefficient (Wildman–Crippen LogP) is 1.82. The van der Waals surface area contributed by atoms with Crippen LogP contribution in [0.1, 0.15) is 51.9 Å². The van der Waals surface area contributed by atoms with Gasteiger partial charge in [0.2, 0.25) is 5.91 Å². The van der Waals surface area contributed by atoms with E-state index >= 15 is 0 Å². The third kappa shape index (κ3) is 4.05. The fraction of sp³-hybridized carbons (Fsp3) is 0.786. The Balaban J connectivity index is 2.50. The van der Waals surface area contributed by atoms with Crippen molar-refractivity contribution in [1.82, 2.24) is 5.32 Å². The summed E-state index contributed by atoms with van der Waals surface area (Å²) in [6.07, 6.45) is 7.32. The van der Waals surface area contributed by atoms with Gasteiger partial charge in [-0.1, -0.05) is 25.7 Å². The lowest BCUT2D eigenvalue weighted by Gasteiger charge is -2.29. The first-order valence-corrected chi connectivity index (χ1v) is 6.63. The molecule has 1 amide bonds. The quantitative estimate of drug-likeness (QED) is 0.444. The Morgan fingerprint density at radius 2 is 1.94 bits per heavy atom. The molecule has 0 unspecified atom stereocenters. The van der Waals surface area contributed by atoms with Crippen LogP contribution in [0.15, 0.2) is 0 Å². The molecule has 17 heavy (non-hydrogen) atoms. The summed E-state index contributed by atoms with van der Waals surface area (Å²) in [6, 6.07) is 0. The lowest BCUT2D eigenvalue weighted by Crippen LogP contribution is -2.46. The van der Waals surface area contributed by atoms with Gasteiger partial charge in [0, 0.05) is 19.5 Å². The Labute approximate surface area is 105 Å². The number of amides is 1. The van der Waals surface area contributed by atoms with Gasteiger partial charge < -0.3 is 11.1 Å². The van der Waals surface area contributed by atoms with E-state index in [1.165, 1.54) is 12.8 Å². The highest BCUT2D eigenvalue weighted by Gasteiger charge is 2.36. The van der Waals surface area contributed by atoms with Crippen molar-refractivity contribution >= 4 is 5.91 Å². The van der Waals surface area contributed by atoms with Crippen LogP contribution in [0.3, 0.4) is 0 Å². The topological polar surface area (TPSA) is 55.1 Å². The summed E-state index contributed by atoms with van der Waals surface area (Å²) in [5.41, 5.74) is 5.54. The van der Waals surface area contributed by atoms with Crippen LogP contribution in [0.5, 0.6) is 0 Å². The average molecular weight is 236 g/mol. The van der Waals surface area contributed by atoms with E-state index in [1.807, 2.05) is 6.92 Å². The number of carbonyl (C=O) groups excluding carboxylic acids is 1. The largest absolute Gasteiger partial charge is 0.355 e. The normalized spacial score (nSPS) is 18.7. The molecule has 96 valence electrons. The standard InChI is InChI=1S/C14H24N2O/c1-2-3-8-11-16-13(17)14(12-15)9-6-4-5-7-10-14/h4-12,15H2,1H3,(H,16,17). The van der Waals surface area contributed by atoms with E-state index in [0.29, 0.717) is 13.1 Å². The molecule has 0 aliphatic heterocycles. The van der Waals surface area contributed by atoms with Crippen LogP contribution in [-0.4, -0.2) is 19.0 Å². The lowest BCUT2D eigenvalue weighted by atomic mass is 9.79. The number of rotatable bonds is 4. The van der Waals surface area contributed by atoms with Crippen LogP contribution in [0.25, 0.3) is 0 Å². The van der Waals surface area contributed by atoms with Gasteiger partial charge in [0.1, 0.15) is 0 Å². The molecule has 1 aliphatic carbocycles. The van der Waals surface area contributed by atoms with E-state index in [0.717, 1.165) is 32.1 Å². The summed E-state index contributed by atoms with van der Waals surface area (Å²) in [6.45, 7) is 2.92. The summed E-state index contributed by atoms with van der Waals surface area (Å²) < 4.78 is 0. The first-order chi connectivity index (χ1) is 8.25. The van der Waals surface area contributed by atoms with Gasteiger partial charge in [0.05, 0.1) is 5.41 Å². The second-order valence-corrected chi connectivity index (χ2v) is 4.83. The molecule has 0 heterocycles. The first-order valence-electron chi connectivity index (χ1n) is 6.63. The number of nitrogens with two attached hydrogens (primary N) is 1. The number of hydrogen-bond donors (Lipinski definition) is 2. The fourth-order valence-corrected chi connectivity index (χ4v) is 2.48. The van der Waals surface area contributed by atoms with E-state index in [1.54, 1.807) is 0 Å². The molecule has 1 saturated carbocycles. The van der Waals surface area contributed by atoms with Gasteiger partial charge in [-0.2, -0.15) is 0 Å². The number of hydrogen-bond acceptors (Lipinski definition) is 2. The molecular weight excluding hydrogens is 212 g/mol. The van der Waals surface area contributed by atoms with Gasteiger partial charge in [-0.05, 0) is 19.8 Å². The van der Waals surface area contributed by atoms with E-state index in [4.69, 9.17) is 5.73 Å². The van der Waals surface area contributed by atoms with Gasteiger partial charge in [-0.25, -0.2) is 0 Å². The summed E-state index contributed by atoms with van der Waals surface area (Å²) >= 11 is 0. The van der Waals surface area contributed by atoms with Crippen molar-refractivity contribution in [3.63, 3.8) is 0 Å². The molecule has 1 fully saturated rings. The molecule has 1 aliphatic rings. The summed E-state index contributed by atoms with van der Waals surface area (Å²) in [4.78, 5) is 12.2. The third-order valence-electron chi connectivity index (χ3n) is 3.65. The van der Waals surface area contributed by atoms with Crippen molar-refractivity contribution in [3.8, 4) is 11.8 Å². The molecule has 0 aromatic carbocycles. The minimum atomic E-state index is -0.309. The zero-order valence-corrected chi connectivity index (χ0v) is 10.8. The van der Waals surface area contributed by atoms with Gasteiger partial charge >= 0.3 is 0 Å². The fourth-order valence-electron chi connectivity index (χ4n) is 2.48. The van der Waals surface area contributed by atoms with E-state index in [-0.39, 0.29) is 11.3 Å². The predicted molar refractivity (Wildman–Crippen MR) is 70.3 cm³/mol. The van der Waals surface area contributed by atoms with E-state index < -0.39 is 0 Å². The molecule has 0 aromatic rings. The number of nitrogens with one attached hydrogen (secondary N) is 1. The highest BCUT2D eigenvalue weighted by molar-refractivity contribution is 5.82. The first kappa shape index (κ1) is 14.1. The highest BCUT2D eigenvalue weighted by atomic mass is 16.2. The van der Waals surface area contributed by atoms with Crippen LogP contribution in [-0.2, 0) is 4.79 Å². The van der Waals surface area contributed by atoms with Crippen LogP contribution in [0.2, 0.25) is 0 Å². The molecular formula is C14H24N2O. The van der Waals surface area contributed by atoms with Crippen molar-refractivity contribution in [3.05, 3.63) is 0 Å². The lowest BCUT2D eigenvalue weighted by molar-refractivity contribution is -0.131. The Bertz CT molecular complexity index is 293. The molecule has 0 aromatic heterocycles. The molecule has 3 nitrogen and oxygen atoms in total. The van der Waals surface area contributed by atoms with Gasteiger partial charge in [-0.3, -0.25) is 4.79 Å². The maximum Gasteiger partial charge on any atom is 0.227 e. The second-order valence-electron chi connectivity index (χ2n) is 4.83. The minimum absolute atomic E-state index is 0.139. The van der Waals surface area contributed by atoms with Gasteiger partial charge in [0.25, 0.3) is 0 Å². The Kier molecular flexibility index (Phi) is 6.07. The van der Waals surface area contributed by atoms with E-state index in [9.17, 15) is 4.79 Å². The van der Waals surface area contributed by atoms with Crippen LogP contribution in [0.4, 0.5) is 0 Å². The smallest absolute Gasteiger partial charge is 0.227 e. The van der Waals surface area contributed by atoms with Crippen molar-refractivity contribution in [1.29, 1.82) is 0 Å². The van der Waals surface area contributed by atoms with Crippen molar-refractivity contribution in [2.45, 2.75) is 51.9 Å². The molecule has 3 N–H and O–H groups in total. The van der Waals surface area contributed by atoms with Crippen LogP contribution in [0, 0.1) is 17.3 Å². The maximum absolute atomic E-state index is 12.2. The average Bonchev–Trinajstić information content (AvgIpc) is 2.60. The van der Waals surface area contributed by atoms with E-state index in [2.05, 4.69) is 17.2 Å². The number of carbonyl (C=O) groups is 1. The zero-order valence-electron chi connectivity index (χ0n) is 10.8. The van der Waals surface area contributed by atoms with Gasteiger partial charge in [-0.15, -0.1) is 11.8 Å². The summed E-state index contributed by atoms with van der Waals surface area (Å²) in [7, 11) is 0. The minimum Gasteiger partial charge on any atom is -0.355 e. The molecule has 3 heteroatoms. The highest BCUT2D eigenvalue weighted by Crippen LogP contribution is 2.34. The van der Waals surface area contributed by atoms with Crippen molar-refractivity contribution < 1.29 is 4.79 Å². The third-order valence-corrected chi connectivity index (χ3v) is 3.65. The molecule has 0 atom stereocenters. The summed E-state index contributed by atoms with van der Waals surface area (Å²) in [5.74, 6) is 5.92. The molecule has 0 bridgehead atoms. The van der Waals surface area contributed by atoms with Crippen molar-refractivity contribution in [2.75, 3.05) is 13.1 Å². The zero-order chi connectivity index (χ0) is 12.6. The molecule has 1 rings (SSSR count). The molecule has 0 radical (unpaired) electrons. The SMILES string of the molecule is CC#CCCNC(=O)C1(CN)CCCCCC1. The Morgan fingerprint density at radius 3 is 2.47 bits per heavy atom. The maximum atomic E-state index is 12.2. The second kappa shape index (κ2) is 7.34. The Morgan fingerprint density at radius 1 is 1.29 bits per heavy atom. The van der Waals surface area contributed by atoms with Crippen LogP contribution < -0.4 is 11.1 Å². The van der Waals surface area contributed by atoms with Gasteiger partial charge in [0.15, 0.2) is 0 Å². The molecule has 0 saturated heterocycles. The monoisotopic (exact) mass is 236 g/mol.